The van der Waals surface area contributed by atoms with Gasteiger partial charge in [-0.05, 0) is 24.1 Å². The number of hydrogen-bond donors (Lipinski definition) is 2. The fraction of sp³-hybridized carbons (Fsp3) is 0.308. The molecule has 1 aromatic heterocycles. The van der Waals surface area contributed by atoms with E-state index >= 15 is 0 Å². The van der Waals surface area contributed by atoms with Crippen LogP contribution in [0.5, 0.6) is 0 Å². The third-order valence-electron chi connectivity index (χ3n) is 2.68. The van der Waals surface area contributed by atoms with Gasteiger partial charge < -0.3 is 10.4 Å². The van der Waals surface area contributed by atoms with Crippen LogP contribution in [0.1, 0.15) is 12.0 Å². The van der Waals surface area contributed by atoms with Gasteiger partial charge in [0.1, 0.15) is 0 Å². The number of aliphatic hydroxyl groups excluding tert-OH is 1. The van der Waals surface area contributed by atoms with E-state index in [2.05, 4.69) is 15.6 Å². The molecule has 100 valence electrons. The molecule has 0 atom stereocenters. The summed E-state index contributed by atoms with van der Waals surface area (Å²) in [6.07, 6.45) is 4.27. The third-order valence-corrected chi connectivity index (χ3v) is 2.68. The van der Waals surface area contributed by atoms with E-state index in [0.717, 1.165) is 11.3 Å². The number of aryl methyl sites for hydroxylation is 1. The molecule has 6 heteroatoms. The average molecular weight is 260 g/mol. The lowest BCUT2D eigenvalue weighted by molar-refractivity contribution is -0.116. The predicted octanol–water partition coefficient (Wildman–Crippen LogP) is 0.842. The topological polar surface area (TPSA) is 80.0 Å². The van der Waals surface area contributed by atoms with Gasteiger partial charge in [-0.1, -0.05) is 17.3 Å². The minimum absolute atomic E-state index is 0.0644. The van der Waals surface area contributed by atoms with Gasteiger partial charge >= 0.3 is 0 Å². The van der Waals surface area contributed by atoms with Gasteiger partial charge in [0, 0.05) is 24.9 Å². The highest BCUT2D eigenvalue weighted by atomic mass is 16.2. The number of nitrogens with zero attached hydrogens (tertiary/aromatic N) is 3. The van der Waals surface area contributed by atoms with Gasteiger partial charge in [-0.25, -0.2) is 0 Å². The van der Waals surface area contributed by atoms with Crippen molar-refractivity contribution in [2.45, 2.75) is 19.4 Å². The van der Waals surface area contributed by atoms with Crippen molar-refractivity contribution < 1.29 is 9.90 Å². The van der Waals surface area contributed by atoms with E-state index in [1.165, 1.54) is 0 Å². The van der Waals surface area contributed by atoms with E-state index in [1.54, 1.807) is 17.1 Å². The van der Waals surface area contributed by atoms with Crippen molar-refractivity contribution in [3.8, 4) is 0 Å². The van der Waals surface area contributed by atoms with Crippen LogP contribution < -0.4 is 5.32 Å². The van der Waals surface area contributed by atoms with Crippen LogP contribution in [-0.4, -0.2) is 32.6 Å². The second kappa shape index (κ2) is 6.65. The number of amides is 1. The smallest absolute Gasteiger partial charge is 0.226 e. The second-order valence-corrected chi connectivity index (χ2v) is 4.13. The standard InChI is InChI=1S/C13H16N4O2/c18-10-6-11-1-3-12(4-2-11)15-13(19)5-8-17-9-7-14-16-17/h1-4,7,9,18H,5-6,8,10H2,(H,15,19). The average Bonchev–Trinajstić information content (AvgIpc) is 2.92. The summed E-state index contributed by atoms with van der Waals surface area (Å²) in [5.74, 6) is -0.0644. The number of rotatable bonds is 6. The molecule has 2 aromatic rings. The Bertz CT molecular complexity index is 508. The first-order valence-electron chi connectivity index (χ1n) is 6.11. The predicted molar refractivity (Wildman–Crippen MR) is 70.5 cm³/mol. The van der Waals surface area contributed by atoms with E-state index in [0.29, 0.717) is 19.4 Å². The molecule has 2 rings (SSSR count). The van der Waals surface area contributed by atoms with Crippen molar-refractivity contribution in [3.63, 3.8) is 0 Å². The molecule has 1 amide bonds. The summed E-state index contributed by atoms with van der Waals surface area (Å²) in [5, 5.41) is 19.1. The van der Waals surface area contributed by atoms with Crippen LogP contribution in [0.25, 0.3) is 0 Å². The molecule has 0 radical (unpaired) electrons. The molecule has 0 bridgehead atoms. The summed E-state index contributed by atoms with van der Waals surface area (Å²) in [5.41, 5.74) is 1.80. The fourth-order valence-electron chi connectivity index (χ4n) is 1.68. The van der Waals surface area contributed by atoms with Crippen LogP contribution in [0, 0.1) is 0 Å². The quantitative estimate of drug-likeness (QED) is 0.806. The van der Waals surface area contributed by atoms with Crippen molar-refractivity contribution in [2.24, 2.45) is 0 Å². The Hall–Kier alpha value is -2.21. The lowest BCUT2D eigenvalue weighted by atomic mass is 10.1. The molecule has 2 N–H and O–H groups in total. The van der Waals surface area contributed by atoms with Gasteiger partial charge in [-0.2, -0.15) is 0 Å². The molecule has 1 aromatic carbocycles. The zero-order valence-electron chi connectivity index (χ0n) is 10.5. The van der Waals surface area contributed by atoms with Gasteiger partial charge in [0.05, 0.1) is 12.7 Å². The molecule has 1 heterocycles. The summed E-state index contributed by atoms with van der Waals surface area (Å²) < 4.78 is 1.62. The molecule has 19 heavy (non-hydrogen) atoms. The third kappa shape index (κ3) is 4.18. The van der Waals surface area contributed by atoms with Crippen molar-refractivity contribution in [1.29, 1.82) is 0 Å². The molecule has 0 spiro atoms. The van der Waals surface area contributed by atoms with Crippen LogP contribution >= 0.6 is 0 Å². The number of carbonyl (C=O) groups is 1. The first-order chi connectivity index (χ1) is 9.28. The van der Waals surface area contributed by atoms with E-state index in [4.69, 9.17) is 5.11 Å². The van der Waals surface area contributed by atoms with Gasteiger partial charge in [0.15, 0.2) is 0 Å². The summed E-state index contributed by atoms with van der Waals surface area (Å²) >= 11 is 0. The summed E-state index contributed by atoms with van der Waals surface area (Å²) in [7, 11) is 0. The first-order valence-corrected chi connectivity index (χ1v) is 6.11. The second-order valence-electron chi connectivity index (χ2n) is 4.13. The van der Waals surface area contributed by atoms with Crippen LogP contribution in [0.4, 0.5) is 5.69 Å². The molecule has 0 saturated heterocycles. The van der Waals surface area contributed by atoms with Crippen LogP contribution in [0.3, 0.4) is 0 Å². The molecule has 0 aliphatic rings. The van der Waals surface area contributed by atoms with Gasteiger partial charge in [-0.3, -0.25) is 9.48 Å². The molecule has 0 aliphatic heterocycles. The molecular weight excluding hydrogens is 244 g/mol. The number of aliphatic hydroxyl groups is 1. The minimum Gasteiger partial charge on any atom is -0.396 e. The lowest BCUT2D eigenvalue weighted by Gasteiger charge is -2.06. The summed E-state index contributed by atoms with van der Waals surface area (Å²) in [4.78, 5) is 11.7. The monoisotopic (exact) mass is 260 g/mol. The molecule has 0 saturated carbocycles. The minimum atomic E-state index is -0.0644. The van der Waals surface area contributed by atoms with Gasteiger partial charge in [0.25, 0.3) is 0 Å². The first kappa shape index (κ1) is 13.2. The summed E-state index contributed by atoms with van der Waals surface area (Å²) in [6, 6.07) is 7.45. The highest BCUT2D eigenvalue weighted by Crippen LogP contribution is 2.10. The van der Waals surface area contributed by atoms with Gasteiger partial charge in [0.2, 0.25) is 5.91 Å². The maximum absolute atomic E-state index is 11.7. The highest BCUT2D eigenvalue weighted by molar-refractivity contribution is 5.90. The Morgan fingerprint density at radius 3 is 2.74 bits per heavy atom. The Balaban J connectivity index is 1.81. The van der Waals surface area contributed by atoms with Crippen LogP contribution in [0.15, 0.2) is 36.7 Å². The molecular formula is C13H16N4O2. The van der Waals surface area contributed by atoms with E-state index in [1.807, 2.05) is 24.3 Å². The van der Waals surface area contributed by atoms with Crippen molar-refractivity contribution >= 4 is 11.6 Å². The summed E-state index contributed by atoms with van der Waals surface area (Å²) in [6.45, 7) is 0.637. The number of anilines is 1. The SMILES string of the molecule is O=C(CCn1ccnn1)Nc1ccc(CCO)cc1. The van der Waals surface area contributed by atoms with Crippen molar-refractivity contribution in [1.82, 2.24) is 15.0 Å². The number of carbonyl (C=O) groups excluding carboxylic acids is 1. The Labute approximate surface area is 111 Å². The molecule has 6 nitrogen and oxygen atoms in total. The number of hydrogen-bond acceptors (Lipinski definition) is 4. The maximum Gasteiger partial charge on any atom is 0.226 e. The van der Waals surface area contributed by atoms with E-state index < -0.39 is 0 Å². The van der Waals surface area contributed by atoms with E-state index in [9.17, 15) is 4.79 Å². The Kier molecular flexibility index (Phi) is 4.63. The van der Waals surface area contributed by atoms with Crippen molar-refractivity contribution in [2.75, 3.05) is 11.9 Å². The molecule has 0 fully saturated rings. The fourth-order valence-corrected chi connectivity index (χ4v) is 1.68. The maximum atomic E-state index is 11.7. The number of aromatic nitrogens is 3. The van der Waals surface area contributed by atoms with Gasteiger partial charge in [-0.15, -0.1) is 5.10 Å². The zero-order chi connectivity index (χ0) is 13.5. The van der Waals surface area contributed by atoms with Crippen LogP contribution in [0.2, 0.25) is 0 Å². The zero-order valence-corrected chi connectivity index (χ0v) is 10.5. The van der Waals surface area contributed by atoms with Crippen LogP contribution in [-0.2, 0) is 17.8 Å². The number of nitrogens with one attached hydrogen (secondary N) is 1. The Morgan fingerprint density at radius 2 is 2.11 bits per heavy atom. The molecule has 0 aliphatic carbocycles. The van der Waals surface area contributed by atoms with E-state index in [-0.39, 0.29) is 12.5 Å². The lowest BCUT2D eigenvalue weighted by Crippen LogP contribution is -2.14. The van der Waals surface area contributed by atoms with Crippen molar-refractivity contribution in [3.05, 3.63) is 42.2 Å². The molecule has 0 unspecified atom stereocenters. The normalized spacial score (nSPS) is 10.4. The largest absolute Gasteiger partial charge is 0.396 e. The number of benzene rings is 1. The Morgan fingerprint density at radius 1 is 1.32 bits per heavy atom. The highest BCUT2D eigenvalue weighted by Gasteiger charge is 2.03.